The molecule has 2 atom stereocenters. The van der Waals surface area contributed by atoms with Crippen molar-refractivity contribution in [2.45, 2.75) is 44.1 Å². The summed E-state index contributed by atoms with van der Waals surface area (Å²) in [5.41, 5.74) is 2.46. The molecule has 1 amide bonds. The van der Waals surface area contributed by atoms with Crippen LogP contribution in [0, 0.1) is 0 Å². The molecule has 2 unspecified atom stereocenters. The summed E-state index contributed by atoms with van der Waals surface area (Å²) in [5, 5.41) is 6.49. The van der Waals surface area contributed by atoms with Crippen LogP contribution in [0.15, 0.2) is 53.5 Å². The second-order valence-electron chi connectivity index (χ2n) is 7.92. The van der Waals surface area contributed by atoms with E-state index in [0.717, 1.165) is 24.2 Å². The molecule has 2 aromatic rings. The van der Waals surface area contributed by atoms with Gasteiger partial charge in [-0.15, -0.1) is 13.2 Å². The zero-order valence-electron chi connectivity index (χ0n) is 17.7. The second-order valence-corrected chi connectivity index (χ2v) is 7.92. The van der Waals surface area contributed by atoms with Gasteiger partial charge in [-0.05, 0) is 42.2 Å². The molecule has 0 radical (unpaired) electrons. The highest BCUT2D eigenvalue weighted by molar-refractivity contribution is 5.95. The fraction of sp³-hybridized carbons (Fsp3) is 0.391. The summed E-state index contributed by atoms with van der Waals surface area (Å²) in [5.74, 6) is 0.491. The predicted molar refractivity (Wildman–Crippen MR) is 116 cm³/mol. The fourth-order valence-corrected chi connectivity index (χ4v) is 3.97. The van der Waals surface area contributed by atoms with Crippen LogP contribution in [0.5, 0.6) is 5.75 Å². The third-order valence-electron chi connectivity index (χ3n) is 5.66. The van der Waals surface area contributed by atoms with Crippen molar-refractivity contribution >= 4 is 17.6 Å². The van der Waals surface area contributed by atoms with Crippen LogP contribution in [0.25, 0.3) is 0 Å². The molecule has 2 fully saturated rings. The maximum Gasteiger partial charge on any atom is 0.573 e. The fourth-order valence-electron chi connectivity index (χ4n) is 3.97. The molecule has 32 heavy (non-hydrogen) atoms. The van der Waals surface area contributed by atoms with Gasteiger partial charge in [-0.1, -0.05) is 30.3 Å². The minimum Gasteiger partial charge on any atom is -0.405 e. The molecule has 2 aliphatic rings. The van der Waals surface area contributed by atoms with Crippen molar-refractivity contribution in [3.8, 4) is 5.75 Å². The van der Waals surface area contributed by atoms with E-state index in [1.54, 1.807) is 24.1 Å². The summed E-state index contributed by atoms with van der Waals surface area (Å²) in [7, 11) is 1.65. The Kier molecular flexibility index (Phi) is 6.25. The van der Waals surface area contributed by atoms with Crippen LogP contribution >= 0.6 is 0 Å². The van der Waals surface area contributed by atoms with Gasteiger partial charge in [0, 0.05) is 44.2 Å². The number of carbonyl (C=O) groups excluding carboxylic acids is 1. The van der Waals surface area contributed by atoms with Crippen molar-refractivity contribution in [3.05, 3.63) is 59.7 Å². The van der Waals surface area contributed by atoms with Crippen LogP contribution in [0.1, 0.15) is 36.3 Å². The molecule has 2 aromatic carbocycles. The second kappa shape index (κ2) is 9.10. The largest absolute Gasteiger partial charge is 0.573 e. The number of aliphatic imine (C=N–C) groups is 1. The first-order valence-corrected chi connectivity index (χ1v) is 10.6. The van der Waals surface area contributed by atoms with Crippen molar-refractivity contribution in [1.82, 2.24) is 10.6 Å². The van der Waals surface area contributed by atoms with Crippen molar-refractivity contribution in [2.75, 3.05) is 18.5 Å². The Hall–Kier alpha value is -3.23. The number of ether oxygens (including phenoxy) is 1. The van der Waals surface area contributed by atoms with E-state index in [0.29, 0.717) is 30.9 Å². The van der Waals surface area contributed by atoms with Gasteiger partial charge in [0.1, 0.15) is 5.75 Å². The minimum absolute atomic E-state index is 0.0252. The van der Waals surface area contributed by atoms with Crippen molar-refractivity contribution < 1.29 is 22.7 Å². The number of carbonyl (C=O) groups is 1. The zero-order chi connectivity index (χ0) is 22.7. The number of halogens is 3. The first-order chi connectivity index (χ1) is 15.3. The summed E-state index contributed by atoms with van der Waals surface area (Å²) in [4.78, 5) is 17.9. The molecule has 170 valence electrons. The minimum atomic E-state index is -4.72. The number of rotatable bonds is 6. The van der Waals surface area contributed by atoms with Gasteiger partial charge < -0.3 is 20.3 Å². The summed E-state index contributed by atoms with van der Waals surface area (Å²) in [6.07, 6.45) is -2.54. The standard InChI is InChI=1S/C23H25F3N4O2/c1-27-22(28-14-15-8-10-16(11-9-15)30-12-4-7-21(30)31)29-19-13-18(19)17-5-2-3-6-20(17)32-23(24,25)26/h2-3,5-6,8-11,18-19H,4,7,12-14H2,1H3,(H2,27,28,29). The molecule has 1 aliphatic heterocycles. The molecule has 9 heteroatoms. The van der Waals surface area contributed by atoms with E-state index in [9.17, 15) is 18.0 Å². The lowest BCUT2D eigenvalue weighted by Crippen LogP contribution is -2.38. The highest BCUT2D eigenvalue weighted by atomic mass is 19.4. The average Bonchev–Trinajstić information content (AvgIpc) is 3.39. The van der Waals surface area contributed by atoms with Gasteiger partial charge >= 0.3 is 6.36 Å². The van der Waals surface area contributed by atoms with Gasteiger partial charge in [0.15, 0.2) is 5.96 Å². The Morgan fingerprint density at radius 1 is 1.19 bits per heavy atom. The number of benzene rings is 2. The lowest BCUT2D eigenvalue weighted by molar-refractivity contribution is -0.274. The summed E-state index contributed by atoms with van der Waals surface area (Å²) >= 11 is 0. The van der Waals surface area contributed by atoms with E-state index in [-0.39, 0.29) is 23.6 Å². The Labute approximate surface area is 184 Å². The van der Waals surface area contributed by atoms with E-state index in [1.807, 2.05) is 24.3 Å². The van der Waals surface area contributed by atoms with E-state index in [2.05, 4.69) is 20.4 Å². The van der Waals surface area contributed by atoms with Crippen LogP contribution in [0.4, 0.5) is 18.9 Å². The molecule has 0 spiro atoms. The molecule has 1 saturated heterocycles. The van der Waals surface area contributed by atoms with Gasteiger partial charge in [0.2, 0.25) is 5.91 Å². The normalized spacial score (nSPS) is 20.9. The average molecular weight is 446 g/mol. The number of anilines is 1. The maximum atomic E-state index is 12.7. The lowest BCUT2D eigenvalue weighted by atomic mass is 10.1. The monoisotopic (exact) mass is 446 g/mol. The first kappa shape index (κ1) is 22.0. The van der Waals surface area contributed by atoms with Gasteiger partial charge in [0.05, 0.1) is 0 Å². The molecule has 0 bridgehead atoms. The number of nitrogens with zero attached hydrogens (tertiary/aromatic N) is 2. The topological polar surface area (TPSA) is 66.0 Å². The van der Waals surface area contributed by atoms with Gasteiger partial charge in [-0.2, -0.15) is 0 Å². The van der Waals surface area contributed by atoms with Crippen LogP contribution < -0.4 is 20.3 Å². The number of alkyl halides is 3. The quantitative estimate of drug-likeness (QED) is 0.521. The number of para-hydroxylation sites is 1. The van der Waals surface area contributed by atoms with Crippen molar-refractivity contribution in [2.24, 2.45) is 4.99 Å². The molecule has 2 N–H and O–H groups in total. The molecule has 1 heterocycles. The predicted octanol–water partition coefficient (Wildman–Crippen LogP) is 3.93. The van der Waals surface area contributed by atoms with Crippen molar-refractivity contribution in [3.63, 3.8) is 0 Å². The SMILES string of the molecule is CN=C(NCc1ccc(N2CCCC2=O)cc1)NC1CC1c1ccccc1OC(F)(F)F. The number of hydrogen-bond donors (Lipinski definition) is 2. The maximum absolute atomic E-state index is 12.7. The van der Waals surface area contributed by atoms with E-state index >= 15 is 0 Å². The number of amides is 1. The highest BCUT2D eigenvalue weighted by Crippen LogP contribution is 2.45. The van der Waals surface area contributed by atoms with Gasteiger partial charge in [0.25, 0.3) is 0 Å². The number of hydrogen-bond acceptors (Lipinski definition) is 3. The number of nitrogens with one attached hydrogen (secondary N) is 2. The third kappa shape index (κ3) is 5.33. The van der Waals surface area contributed by atoms with E-state index in [4.69, 9.17) is 0 Å². The smallest absolute Gasteiger partial charge is 0.405 e. The summed E-state index contributed by atoms with van der Waals surface area (Å²) in [6.45, 7) is 1.28. The summed E-state index contributed by atoms with van der Waals surface area (Å²) < 4.78 is 42.2. The number of guanidine groups is 1. The summed E-state index contributed by atoms with van der Waals surface area (Å²) in [6, 6.07) is 14.0. The Morgan fingerprint density at radius 3 is 2.59 bits per heavy atom. The molecular formula is C23H25F3N4O2. The van der Waals surface area contributed by atoms with Crippen LogP contribution in [0.2, 0.25) is 0 Å². The molecule has 1 aliphatic carbocycles. The lowest BCUT2D eigenvalue weighted by Gasteiger charge is -2.17. The molecule has 4 rings (SSSR count). The third-order valence-corrected chi connectivity index (χ3v) is 5.66. The molecule has 6 nitrogen and oxygen atoms in total. The Morgan fingerprint density at radius 2 is 1.94 bits per heavy atom. The molecular weight excluding hydrogens is 421 g/mol. The van der Waals surface area contributed by atoms with Crippen LogP contribution in [-0.2, 0) is 11.3 Å². The van der Waals surface area contributed by atoms with Crippen LogP contribution in [0.3, 0.4) is 0 Å². The van der Waals surface area contributed by atoms with E-state index < -0.39 is 6.36 Å². The van der Waals surface area contributed by atoms with Crippen LogP contribution in [-0.4, -0.2) is 37.9 Å². The van der Waals surface area contributed by atoms with Gasteiger partial charge in [-0.3, -0.25) is 9.79 Å². The highest BCUT2D eigenvalue weighted by Gasteiger charge is 2.42. The van der Waals surface area contributed by atoms with E-state index in [1.165, 1.54) is 12.1 Å². The molecule has 0 aromatic heterocycles. The first-order valence-electron chi connectivity index (χ1n) is 10.6. The van der Waals surface area contributed by atoms with Crippen molar-refractivity contribution in [1.29, 1.82) is 0 Å². The Bertz CT molecular complexity index is 991. The molecule has 1 saturated carbocycles. The van der Waals surface area contributed by atoms with Gasteiger partial charge in [-0.25, -0.2) is 0 Å². The zero-order valence-corrected chi connectivity index (χ0v) is 17.7. The Balaban J connectivity index is 1.31.